The number of rotatable bonds is 9. The molecule has 4 rings (SSSR count). The van der Waals surface area contributed by atoms with Crippen LogP contribution in [0.4, 0.5) is 0 Å². The van der Waals surface area contributed by atoms with E-state index in [-0.39, 0.29) is 0 Å². The van der Waals surface area contributed by atoms with E-state index in [1.165, 1.54) is 42.4 Å². The Labute approximate surface area is 251 Å². The summed E-state index contributed by atoms with van der Waals surface area (Å²) in [5, 5.41) is 4.69. The molecule has 0 N–H and O–H groups in total. The summed E-state index contributed by atoms with van der Waals surface area (Å²) in [6.07, 6.45) is 8.72. The number of hydrogen-bond donors (Lipinski definition) is 0. The zero-order valence-electron chi connectivity index (χ0n) is 17.3. The fourth-order valence-corrected chi connectivity index (χ4v) is 20.4. The summed E-state index contributed by atoms with van der Waals surface area (Å²) in [6, 6.07) is 0. The molecule has 0 nitrogen and oxygen atoms in total. The Kier molecular flexibility index (Phi) is 12.8. The van der Waals surface area contributed by atoms with Gasteiger partial charge in [-0.25, -0.2) is 0 Å². The smallest absolute Gasteiger partial charge is 0.0717 e. The van der Waals surface area contributed by atoms with Gasteiger partial charge in [-0.05, 0) is 35.8 Å². The predicted molar refractivity (Wildman–Crippen MR) is 184 cm³/mol. The van der Waals surface area contributed by atoms with Crippen LogP contribution in [0.5, 0.6) is 0 Å². The minimum atomic E-state index is 1.16. The van der Waals surface area contributed by atoms with Gasteiger partial charge >= 0.3 is 0 Å². The molecule has 0 amide bonds. The van der Waals surface area contributed by atoms with Crippen molar-refractivity contribution in [3.8, 4) is 0 Å². The van der Waals surface area contributed by atoms with Crippen LogP contribution < -0.4 is 0 Å². The van der Waals surface area contributed by atoms with Crippen molar-refractivity contribution in [2.24, 2.45) is 0 Å². The van der Waals surface area contributed by atoms with Crippen LogP contribution in [0.15, 0.2) is 53.2 Å². The topological polar surface area (TPSA) is 0 Å². The average molecular weight is 683 g/mol. The Morgan fingerprint density at radius 1 is 0.500 bits per heavy atom. The van der Waals surface area contributed by atoms with Crippen molar-refractivity contribution < 1.29 is 0 Å². The molecule has 0 unspecified atom stereocenters. The molecular formula is C18H18S14. The summed E-state index contributed by atoms with van der Waals surface area (Å²) in [4.78, 5) is 0. The molecule has 14 heteroatoms. The summed E-state index contributed by atoms with van der Waals surface area (Å²) < 4.78 is 14.6. The van der Waals surface area contributed by atoms with Gasteiger partial charge in [0.2, 0.25) is 0 Å². The standard InChI is InChI=1S/C18H18S14/c1-19-11-12(20-2)30-17(29-11)15-25-7-9(27-15)23-5-6-24-10-8-26-16(28-10)18-31-13(21-3)14(22-4)32-18/h7-8H,5-6H2,1-4H3. The van der Waals surface area contributed by atoms with Crippen LogP contribution in [0, 0.1) is 0 Å². The van der Waals surface area contributed by atoms with Crippen LogP contribution >= 0.6 is 165 Å². The van der Waals surface area contributed by atoms with Crippen molar-refractivity contribution in [1.29, 1.82) is 0 Å². The van der Waals surface area contributed by atoms with Crippen molar-refractivity contribution in [3.05, 3.63) is 53.2 Å². The normalized spacial score (nSPS) is 21.6. The Bertz CT molecular complexity index is 825. The van der Waals surface area contributed by atoms with Gasteiger partial charge in [0.1, 0.15) is 0 Å². The molecule has 0 bridgehead atoms. The minimum Gasteiger partial charge on any atom is -0.121 e. The maximum Gasteiger partial charge on any atom is 0.0717 e. The largest absolute Gasteiger partial charge is 0.121 e. The van der Waals surface area contributed by atoms with E-state index in [9.17, 15) is 0 Å². The van der Waals surface area contributed by atoms with Crippen molar-refractivity contribution >= 4 is 165 Å². The third kappa shape index (κ3) is 7.47. The summed E-state index contributed by atoms with van der Waals surface area (Å²) in [5.41, 5.74) is 0. The van der Waals surface area contributed by atoms with Crippen LogP contribution in [-0.2, 0) is 0 Å². The number of hydrogen-bond acceptors (Lipinski definition) is 14. The van der Waals surface area contributed by atoms with Crippen LogP contribution in [0.3, 0.4) is 0 Å². The van der Waals surface area contributed by atoms with Crippen molar-refractivity contribution in [2.45, 2.75) is 0 Å². The molecule has 0 saturated carbocycles. The quantitative estimate of drug-likeness (QED) is 0.212. The maximum atomic E-state index is 2.34. The van der Waals surface area contributed by atoms with E-state index in [1.807, 2.05) is 165 Å². The first-order chi connectivity index (χ1) is 15.6. The van der Waals surface area contributed by atoms with Crippen molar-refractivity contribution in [2.75, 3.05) is 36.5 Å². The zero-order chi connectivity index (χ0) is 22.5. The monoisotopic (exact) mass is 682 g/mol. The summed E-state index contributed by atoms with van der Waals surface area (Å²) in [6.45, 7) is 0. The van der Waals surface area contributed by atoms with Gasteiger partial charge in [-0.2, -0.15) is 0 Å². The lowest BCUT2D eigenvalue weighted by atomic mass is 11.0. The first-order valence-electron chi connectivity index (χ1n) is 8.84. The van der Waals surface area contributed by atoms with Gasteiger partial charge in [-0.1, -0.05) is 94.1 Å². The van der Waals surface area contributed by atoms with Gasteiger partial charge in [0.05, 0.1) is 42.4 Å². The molecule has 174 valence electrons. The second-order valence-corrected chi connectivity index (χ2v) is 21.6. The van der Waals surface area contributed by atoms with E-state index in [4.69, 9.17) is 0 Å². The van der Waals surface area contributed by atoms with E-state index in [0.717, 1.165) is 11.5 Å². The highest BCUT2D eigenvalue weighted by Gasteiger charge is 2.28. The van der Waals surface area contributed by atoms with E-state index in [1.54, 1.807) is 0 Å². The summed E-state index contributed by atoms with van der Waals surface area (Å²) >= 11 is 27.0. The Hall–Kier alpha value is 3.34. The molecule has 4 aliphatic rings. The first kappa shape index (κ1) is 28.4. The molecule has 0 aromatic heterocycles. The lowest BCUT2D eigenvalue weighted by Gasteiger charge is -2.05. The fourth-order valence-electron chi connectivity index (χ4n) is 2.29. The predicted octanol–water partition coefficient (Wildman–Crippen LogP) is 11.9. The molecule has 0 saturated heterocycles. The average Bonchev–Trinajstić information content (AvgIpc) is 3.60. The molecule has 32 heavy (non-hydrogen) atoms. The lowest BCUT2D eigenvalue weighted by molar-refractivity contribution is 1.57. The summed E-state index contributed by atoms with van der Waals surface area (Å²) in [7, 11) is 0. The van der Waals surface area contributed by atoms with Crippen molar-refractivity contribution in [3.63, 3.8) is 0 Å². The molecule has 0 aliphatic carbocycles. The highest BCUT2D eigenvalue weighted by molar-refractivity contribution is 8.44. The lowest BCUT2D eigenvalue weighted by Crippen LogP contribution is -1.82. The van der Waals surface area contributed by atoms with E-state index in [0.29, 0.717) is 0 Å². The third-order valence-corrected chi connectivity index (χ3v) is 22.8. The SMILES string of the molecule is CSC1=C(SC)SC(=C2SC=C(SCCSC3=CSC(=C4SC(SC)=C(SC)S4)S3)S2)S1. The van der Waals surface area contributed by atoms with Crippen molar-refractivity contribution in [1.82, 2.24) is 0 Å². The van der Waals surface area contributed by atoms with E-state index < -0.39 is 0 Å². The van der Waals surface area contributed by atoms with Crippen LogP contribution in [0.2, 0.25) is 0 Å². The van der Waals surface area contributed by atoms with Gasteiger partial charge in [0.25, 0.3) is 0 Å². The Morgan fingerprint density at radius 2 is 0.844 bits per heavy atom. The van der Waals surface area contributed by atoms with Crippen LogP contribution in [0.1, 0.15) is 0 Å². The zero-order valence-corrected chi connectivity index (χ0v) is 28.7. The minimum absolute atomic E-state index is 1.16. The molecule has 0 aromatic rings. The first-order valence-corrected chi connectivity index (χ1v) is 22.4. The highest BCUT2D eigenvalue weighted by atomic mass is 32.3. The second kappa shape index (κ2) is 14.5. The molecule has 0 atom stereocenters. The van der Waals surface area contributed by atoms with Gasteiger partial charge < -0.3 is 0 Å². The second-order valence-electron chi connectivity index (χ2n) is 5.53. The molecule has 0 fully saturated rings. The molecule has 0 aromatic carbocycles. The molecule has 4 heterocycles. The third-order valence-electron chi connectivity index (χ3n) is 3.63. The molecule has 0 spiro atoms. The fraction of sp³-hybridized carbons (Fsp3) is 0.333. The van der Waals surface area contributed by atoms with E-state index in [2.05, 4.69) is 35.8 Å². The summed E-state index contributed by atoms with van der Waals surface area (Å²) in [5.74, 6) is 2.31. The molecular weight excluding hydrogens is 665 g/mol. The number of thioether (sulfide) groups is 14. The van der Waals surface area contributed by atoms with E-state index >= 15 is 0 Å². The Balaban J connectivity index is 1.18. The van der Waals surface area contributed by atoms with Gasteiger partial charge in [0, 0.05) is 11.5 Å². The maximum absolute atomic E-state index is 2.34. The van der Waals surface area contributed by atoms with Gasteiger partial charge in [-0.3, -0.25) is 0 Å². The van der Waals surface area contributed by atoms with Gasteiger partial charge in [0.15, 0.2) is 0 Å². The van der Waals surface area contributed by atoms with Gasteiger partial charge in [-0.15, -0.1) is 70.6 Å². The van der Waals surface area contributed by atoms with Crippen LogP contribution in [-0.4, -0.2) is 36.5 Å². The van der Waals surface area contributed by atoms with Crippen LogP contribution in [0.25, 0.3) is 0 Å². The molecule has 4 aliphatic heterocycles. The highest BCUT2D eigenvalue weighted by Crippen LogP contribution is 2.64. The Morgan fingerprint density at radius 3 is 1.16 bits per heavy atom. The molecule has 0 radical (unpaired) electrons.